The van der Waals surface area contributed by atoms with Crippen LogP contribution in [0.1, 0.15) is 26.7 Å². The summed E-state index contributed by atoms with van der Waals surface area (Å²) in [7, 11) is 0. The fourth-order valence-corrected chi connectivity index (χ4v) is 1.16. The number of hydrogen-bond donors (Lipinski definition) is 2. The van der Waals surface area contributed by atoms with Gasteiger partial charge in [-0.05, 0) is 13.3 Å². The zero-order valence-corrected chi connectivity index (χ0v) is 9.15. The van der Waals surface area contributed by atoms with Crippen LogP contribution in [0.15, 0.2) is 11.1 Å². The molecule has 0 saturated heterocycles. The minimum absolute atomic E-state index is 0.0381. The monoisotopic (exact) mass is 230 g/mol. The van der Waals surface area contributed by atoms with Gasteiger partial charge in [-0.2, -0.15) is 0 Å². The van der Waals surface area contributed by atoms with Crippen LogP contribution in [0.5, 0.6) is 0 Å². The molecule has 0 saturated carbocycles. The number of hydrogen-bond acceptors (Lipinski definition) is 4. The summed E-state index contributed by atoms with van der Waals surface area (Å²) >= 11 is 0. The second-order valence-electron chi connectivity index (χ2n) is 2.90. The summed E-state index contributed by atoms with van der Waals surface area (Å²) in [6.45, 7) is 3.22. The van der Waals surface area contributed by atoms with Crippen molar-refractivity contribution in [1.29, 1.82) is 0 Å². The highest BCUT2D eigenvalue weighted by Crippen LogP contribution is 2.14. The number of esters is 1. The number of carboxylic acids is 2. The molecule has 6 nitrogen and oxygen atoms in total. The van der Waals surface area contributed by atoms with Crippen LogP contribution in [0.2, 0.25) is 0 Å². The molecule has 2 N–H and O–H groups in total. The highest BCUT2D eigenvalue weighted by molar-refractivity contribution is 6.01. The Morgan fingerprint density at radius 1 is 1.00 bits per heavy atom. The normalized spacial score (nSPS) is 11.6. The van der Waals surface area contributed by atoms with Crippen molar-refractivity contribution in [2.45, 2.75) is 26.7 Å². The van der Waals surface area contributed by atoms with Crippen LogP contribution >= 0.6 is 0 Å². The van der Waals surface area contributed by atoms with E-state index in [4.69, 9.17) is 10.2 Å². The Morgan fingerprint density at radius 2 is 1.50 bits per heavy atom. The highest BCUT2D eigenvalue weighted by atomic mass is 16.5. The van der Waals surface area contributed by atoms with Gasteiger partial charge in [0, 0.05) is 5.57 Å². The Labute approximate surface area is 92.5 Å². The minimum Gasteiger partial charge on any atom is -0.478 e. The lowest BCUT2D eigenvalue weighted by molar-refractivity contribution is -0.144. The fraction of sp³-hybridized carbons (Fsp3) is 0.500. The van der Waals surface area contributed by atoms with Crippen LogP contribution < -0.4 is 0 Å². The number of carboxylic acid groups (broad SMARTS) is 2. The summed E-state index contributed by atoms with van der Waals surface area (Å²) in [5.74, 6) is -3.48. The maximum Gasteiger partial charge on any atom is 0.332 e. The number of rotatable bonds is 6. The van der Waals surface area contributed by atoms with Gasteiger partial charge in [0.25, 0.3) is 0 Å². The molecule has 0 spiro atoms. The maximum absolute atomic E-state index is 11.1. The van der Waals surface area contributed by atoms with Crippen LogP contribution in [-0.4, -0.2) is 34.7 Å². The van der Waals surface area contributed by atoms with Crippen LogP contribution in [0, 0.1) is 0 Å². The predicted octanol–water partition coefficient (Wildman–Crippen LogP) is 0.815. The molecule has 0 rings (SSSR count). The third kappa shape index (κ3) is 4.12. The molecule has 16 heavy (non-hydrogen) atoms. The maximum atomic E-state index is 11.1. The summed E-state index contributed by atoms with van der Waals surface area (Å²) in [5.41, 5.74) is -0.700. The fourth-order valence-electron chi connectivity index (χ4n) is 1.16. The zero-order valence-electron chi connectivity index (χ0n) is 9.15. The van der Waals surface area contributed by atoms with Gasteiger partial charge in [0.2, 0.25) is 0 Å². The van der Waals surface area contributed by atoms with E-state index >= 15 is 0 Å². The molecule has 90 valence electrons. The van der Waals surface area contributed by atoms with Crippen molar-refractivity contribution in [3.63, 3.8) is 0 Å². The molecule has 0 aromatic rings. The topological polar surface area (TPSA) is 101 Å². The molecular weight excluding hydrogens is 216 g/mol. The van der Waals surface area contributed by atoms with Gasteiger partial charge in [-0.25, -0.2) is 9.59 Å². The lowest BCUT2D eigenvalue weighted by Crippen LogP contribution is -2.16. The molecule has 6 heteroatoms. The molecule has 0 bridgehead atoms. The molecule has 0 atom stereocenters. The van der Waals surface area contributed by atoms with Crippen LogP contribution in [-0.2, 0) is 19.1 Å². The van der Waals surface area contributed by atoms with E-state index in [-0.39, 0.29) is 18.6 Å². The van der Waals surface area contributed by atoms with Crippen molar-refractivity contribution in [1.82, 2.24) is 0 Å². The summed E-state index contributed by atoms with van der Waals surface area (Å²) in [4.78, 5) is 32.6. The second-order valence-corrected chi connectivity index (χ2v) is 2.90. The van der Waals surface area contributed by atoms with Gasteiger partial charge in [0.15, 0.2) is 0 Å². The molecule has 0 aromatic heterocycles. The average Bonchev–Trinajstić information content (AvgIpc) is 2.17. The molecule has 0 aliphatic rings. The lowest BCUT2D eigenvalue weighted by atomic mass is 10.0. The molecule has 0 heterocycles. The molecular formula is C10H14O6. The minimum atomic E-state index is -1.41. The van der Waals surface area contributed by atoms with Gasteiger partial charge in [-0.3, -0.25) is 4.79 Å². The largest absolute Gasteiger partial charge is 0.478 e. The molecule has 0 aliphatic carbocycles. The molecule has 0 unspecified atom stereocenters. The average molecular weight is 230 g/mol. The van der Waals surface area contributed by atoms with Crippen molar-refractivity contribution >= 4 is 17.9 Å². The van der Waals surface area contributed by atoms with E-state index in [1.54, 1.807) is 6.92 Å². The van der Waals surface area contributed by atoms with E-state index in [1.165, 1.54) is 6.92 Å². The molecule has 0 fully saturated rings. The van der Waals surface area contributed by atoms with E-state index in [2.05, 4.69) is 4.74 Å². The summed E-state index contributed by atoms with van der Waals surface area (Å²) in [6.07, 6.45) is -0.491. The Balaban J connectivity index is 5.06. The van der Waals surface area contributed by atoms with E-state index in [1.807, 2.05) is 0 Å². The van der Waals surface area contributed by atoms with Crippen molar-refractivity contribution in [2.75, 3.05) is 6.61 Å². The Morgan fingerprint density at radius 3 is 1.81 bits per heavy atom. The quantitative estimate of drug-likeness (QED) is 0.517. The Kier molecular flexibility index (Phi) is 5.84. The first kappa shape index (κ1) is 14.2. The van der Waals surface area contributed by atoms with Gasteiger partial charge < -0.3 is 14.9 Å². The van der Waals surface area contributed by atoms with E-state index in [0.717, 1.165) is 0 Å². The van der Waals surface area contributed by atoms with Crippen molar-refractivity contribution in [3.8, 4) is 0 Å². The zero-order chi connectivity index (χ0) is 12.7. The van der Waals surface area contributed by atoms with Crippen molar-refractivity contribution in [3.05, 3.63) is 11.1 Å². The van der Waals surface area contributed by atoms with Crippen molar-refractivity contribution in [2.24, 2.45) is 0 Å². The van der Waals surface area contributed by atoms with Crippen LogP contribution in [0.3, 0.4) is 0 Å². The number of carbonyl (C=O) groups is 3. The molecule has 0 radical (unpaired) electrons. The van der Waals surface area contributed by atoms with Crippen molar-refractivity contribution < 1.29 is 29.3 Å². The van der Waals surface area contributed by atoms with Crippen LogP contribution in [0.4, 0.5) is 0 Å². The molecule has 0 amide bonds. The van der Waals surface area contributed by atoms with E-state index in [0.29, 0.717) is 0 Å². The predicted molar refractivity (Wildman–Crippen MR) is 53.8 cm³/mol. The first-order chi connectivity index (χ1) is 7.43. The summed E-state index contributed by atoms with van der Waals surface area (Å²) in [6, 6.07) is 0. The summed E-state index contributed by atoms with van der Waals surface area (Å²) < 4.78 is 4.57. The summed E-state index contributed by atoms with van der Waals surface area (Å²) in [5, 5.41) is 17.6. The first-order valence-electron chi connectivity index (χ1n) is 4.78. The second kappa shape index (κ2) is 6.60. The molecule has 0 aromatic carbocycles. The highest BCUT2D eigenvalue weighted by Gasteiger charge is 2.21. The Bertz CT molecular complexity index is 328. The van der Waals surface area contributed by atoms with Crippen LogP contribution in [0.25, 0.3) is 0 Å². The smallest absolute Gasteiger partial charge is 0.332 e. The lowest BCUT2D eigenvalue weighted by Gasteiger charge is -2.06. The van der Waals surface area contributed by atoms with Gasteiger partial charge in [-0.15, -0.1) is 0 Å². The number of carbonyl (C=O) groups excluding carboxylic acids is 1. The third-order valence-electron chi connectivity index (χ3n) is 1.86. The third-order valence-corrected chi connectivity index (χ3v) is 1.86. The SMILES string of the molecule is CCOC(=O)C/C(C(=O)O)=C(/CC)C(=O)O. The molecule has 0 aliphatic heterocycles. The first-order valence-corrected chi connectivity index (χ1v) is 4.78. The Hall–Kier alpha value is -1.85. The van der Waals surface area contributed by atoms with Gasteiger partial charge >= 0.3 is 17.9 Å². The number of aliphatic carboxylic acids is 2. The number of ether oxygens (including phenoxy) is 1. The van der Waals surface area contributed by atoms with Gasteiger partial charge in [0.05, 0.1) is 18.6 Å². The standard InChI is InChI=1S/C10H14O6/c1-3-6(9(12)13)7(10(14)15)5-8(11)16-4-2/h3-5H2,1-2H3,(H,12,13)(H,14,15)/b7-6+. The van der Waals surface area contributed by atoms with E-state index in [9.17, 15) is 14.4 Å². The van der Waals surface area contributed by atoms with Gasteiger partial charge in [-0.1, -0.05) is 6.92 Å². The van der Waals surface area contributed by atoms with Gasteiger partial charge in [0.1, 0.15) is 0 Å². The van der Waals surface area contributed by atoms with E-state index < -0.39 is 29.9 Å².